The van der Waals surface area contributed by atoms with E-state index in [0.29, 0.717) is 24.9 Å². The number of ketones is 1. The number of ether oxygens (including phenoxy) is 1. The lowest BCUT2D eigenvalue weighted by atomic mass is 10.1. The van der Waals surface area contributed by atoms with Crippen molar-refractivity contribution in [2.75, 3.05) is 26.8 Å². The maximum Gasteiger partial charge on any atom is 0.325 e. The fraction of sp³-hybridized carbons (Fsp3) is 0.714. The van der Waals surface area contributed by atoms with Crippen molar-refractivity contribution in [3.05, 3.63) is 0 Å². The smallest absolute Gasteiger partial charge is 0.325 e. The molecule has 0 bridgehead atoms. The number of likely N-dealkylation sites (N-methyl/N-ethyl adjacent to an activating group) is 1. The Bertz CT molecular complexity index is 539. The summed E-state index contributed by atoms with van der Waals surface area (Å²) in [6, 6.07) is -1.05. The topological polar surface area (TPSA) is 91.3 Å². The van der Waals surface area contributed by atoms with Crippen LogP contribution in [0.4, 0.5) is 4.79 Å². The van der Waals surface area contributed by atoms with Crippen molar-refractivity contribution < 1.29 is 19.1 Å². The quantitative estimate of drug-likeness (QED) is 0.697. The Morgan fingerprint density at radius 2 is 2.17 bits per heavy atom. The molecular weight excluding hydrogens is 320 g/mol. The number of thioether (sulfide) groups is 1. The minimum atomic E-state index is -0.584. The number of carbonyl (C=O) groups excluding carboxylic acids is 3. The number of amides is 3. The van der Waals surface area contributed by atoms with Crippen LogP contribution in [0.1, 0.15) is 20.8 Å². The molecule has 1 fully saturated rings. The lowest BCUT2D eigenvalue weighted by molar-refractivity contribution is -0.127. The van der Waals surface area contributed by atoms with E-state index in [2.05, 4.69) is 10.3 Å². The molecule has 0 spiro atoms. The first kappa shape index (κ1) is 17.7. The number of fused-ring (bicyclic) bond motifs is 1. The van der Waals surface area contributed by atoms with Crippen LogP contribution in [0.25, 0.3) is 0 Å². The van der Waals surface area contributed by atoms with E-state index in [9.17, 15) is 14.4 Å². The number of Topliss-reactive ketones (excluding diaryl/α,β-unsaturated/α-hetero) is 1. The van der Waals surface area contributed by atoms with Crippen LogP contribution in [0, 0.1) is 0 Å². The second kappa shape index (κ2) is 7.31. The van der Waals surface area contributed by atoms with E-state index in [1.807, 2.05) is 11.8 Å². The molecule has 128 valence electrons. The molecule has 3 amide bonds. The first-order chi connectivity index (χ1) is 10.9. The monoisotopic (exact) mass is 342 g/mol. The van der Waals surface area contributed by atoms with Gasteiger partial charge >= 0.3 is 6.03 Å². The van der Waals surface area contributed by atoms with Crippen molar-refractivity contribution >= 4 is 34.7 Å². The number of urea groups is 1. The number of hydrogen-bond donors (Lipinski definition) is 1. The average molecular weight is 342 g/mol. The van der Waals surface area contributed by atoms with Gasteiger partial charge in [-0.2, -0.15) is 0 Å². The van der Waals surface area contributed by atoms with Crippen LogP contribution in [0.5, 0.6) is 0 Å². The van der Waals surface area contributed by atoms with Crippen molar-refractivity contribution in [2.24, 2.45) is 4.99 Å². The van der Waals surface area contributed by atoms with Gasteiger partial charge in [0.2, 0.25) is 0 Å². The molecule has 8 nitrogen and oxygen atoms in total. The first-order valence-electron chi connectivity index (χ1n) is 7.53. The van der Waals surface area contributed by atoms with Crippen LogP contribution < -0.4 is 5.32 Å². The second-order valence-corrected chi connectivity index (χ2v) is 6.74. The number of carbonyl (C=O) groups is 3. The molecule has 23 heavy (non-hydrogen) atoms. The van der Waals surface area contributed by atoms with Crippen molar-refractivity contribution in [3.8, 4) is 0 Å². The van der Waals surface area contributed by atoms with Gasteiger partial charge in [-0.25, -0.2) is 9.79 Å². The zero-order valence-electron chi connectivity index (χ0n) is 13.7. The van der Waals surface area contributed by atoms with Gasteiger partial charge in [-0.1, -0.05) is 11.8 Å². The van der Waals surface area contributed by atoms with Crippen LogP contribution >= 0.6 is 11.8 Å². The number of amidine groups is 1. The van der Waals surface area contributed by atoms with E-state index in [1.54, 1.807) is 14.0 Å². The average Bonchev–Trinajstić information content (AvgIpc) is 2.84. The Kier molecular flexibility index (Phi) is 5.64. The fourth-order valence-corrected chi connectivity index (χ4v) is 3.37. The van der Waals surface area contributed by atoms with E-state index in [-0.39, 0.29) is 16.9 Å². The van der Waals surface area contributed by atoms with Gasteiger partial charge in [0, 0.05) is 20.2 Å². The third-order valence-electron chi connectivity index (χ3n) is 3.86. The van der Waals surface area contributed by atoms with Crippen molar-refractivity contribution in [1.29, 1.82) is 0 Å². The van der Waals surface area contributed by atoms with E-state index in [4.69, 9.17) is 4.74 Å². The Morgan fingerprint density at radius 3 is 2.78 bits per heavy atom. The lowest BCUT2D eigenvalue weighted by Gasteiger charge is -2.36. The zero-order chi connectivity index (χ0) is 17.1. The molecule has 0 saturated carbocycles. The van der Waals surface area contributed by atoms with Crippen molar-refractivity contribution in [1.82, 2.24) is 15.1 Å². The van der Waals surface area contributed by atoms with Gasteiger partial charge in [0.05, 0.1) is 11.9 Å². The van der Waals surface area contributed by atoms with Crippen molar-refractivity contribution in [2.45, 2.75) is 38.2 Å². The highest BCUT2D eigenvalue weighted by Crippen LogP contribution is 2.30. The first-order valence-corrected chi connectivity index (χ1v) is 8.41. The third-order valence-corrected chi connectivity index (χ3v) is 5.09. The number of rotatable bonds is 6. The van der Waals surface area contributed by atoms with E-state index >= 15 is 0 Å². The van der Waals surface area contributed by atoms with E-state index in [1.165, 1.54) is 23.6 Å². The van der Waals surface area contributed by atoms with Gasteiger partial charge in [0.1, 0.15) is 5.78 Å². The van der Waals surface area contributed by atoms with Crippen LogP contribution in [-0.4, -0.2) is 77.0 Å². The molecule has 3 atom stereocenters. The van der Waals surface area contributed by atoms with Gasteiger partial charge in [0.25, 0.3) is 5.91 Å². The normalized spacial score (nSPS) is 25.1. The maximum atomic E-state index is 12.2. The SMILES string of the molecule is CCOCCN1C(SC(C)C(C)=O)=NC2C1C(=O)NC(=O)N2C. The number of hydrogen-bond acceptors (Lipinski definition) is 7. The standard InChI is InChI=1S/C14H22N4O4S/c1-5-22-7-6-18-10-11(17(4)13(21)16-12(10)20)15-14(18)23-9(3)8(2)19/h9-11H,5-7H2,1-4H3,(H,16,20,21). The second-order valence-electron chi connectivity index (χ2n) is 5.44. The lowest BCUT2D eigenvalue weighted by Crippen LogP contribution is -2.63. The summed E-state index contributed by atoms with van der Waals surface area (Å²) in [5.41, 5.74) is 0. The molecular formula is C14H22N4O4S. The molecule has 2 aliphatic heterocycles. The summed E-state index contributed by atoms with van der Waals surface area (Å²) in [4.78, 5) is 43.3. The summed E-state index contributed by atoms with van der Waals surface area (Å²) < 4.78 is 5.37. The minimum Gasteiger partial charge on any atom is -0.380 e. The summed E-state index contributed by atoms with van der Waals surface area (Å²) in [7, 11) is 1.60. The van der Waals surface area contributed by atoms with Gasteiger partial charge in [-0.15, -0.1) is 0 Å². The van der Waals surface area contributed by atoms with Crippen LogP contribution in [0.3, 0.4) is 0 Å². The third kappa shape index (κ3) is 3.66. The number of nitrogens with zero attached hydrogens (tertiary/aromatic N) is 3. The summed E-state index contributed by atoms with van der Waals surface area (Å²) >= 11 is 1.31. The Balaban J connectivity index is 2.23. The molecule has 9 heteroatoms. The molecule has 0 radical (unpaired) electrons. The van der Waals surface area contributed by atoms with Crippen LogP contribution in [-0.2, 0) is 14.3 Å². The molecule has 2 heterocycles. The van der Waals surface area contributed by atoms with Crippen LogP contribution in [0.15, 0.2) is 4.99 Å². The molecule has 1 saturated heterocycles. The Morgan fingerprint density at radius 1 is 1.48 bits per heavy atom. The summed E-state index contributed by atoms with van der Waals surface area (Å²) in [5, 5.41) is 2.66. The predicted molar refractivity (Wildman–Crippen MR) is 87.2 cm³/mol. The van der Waals surface area contributed by atoms with Gasteiger partial charge < -0.3 is 14.5 Å². The van der Waals surface area contributed by atoms with Crippen LogP contribution in [0.2, 0.25) is 0 Å². The zero-order valence-corrected chi connectivity index (χ0v) is 14.6. The molecule has 2 aliphatic rings. The molecule has 0 aliphatic carbocycles. The number of aliphatic imine (C=N–C) groups is 1. The van der Waals surface area contributed by atoms with Gasteiger partial charge in [-0.3, -0.25) is 14.9 Å². The number of nitrogens with one attached hydrogen (secondary N) is 1. The highest BCUT2D eigenvalue weighted by Gasteiger charge is 2.48. The number of imide groups is 1. The Labute approximate surface area is 139 Å². The predicted octanol–water partition coefficient (Wildman–Crippen LogP) is 0.282. The van der Waals surface area contributed by atoms with Gasteiger partial charge in [0.15, 0.2) is 17.4 Å². The molecule has 0 aromatic heterocycles. The molecule has 1 N–H and O–H groups in total. The highest BCUT2D eigenvalue weighted by atomic mass is 32.2. The van der Waals surface area contributed by atoms with E-state index in [0.717, 1.165) is 0 Å². The molecule has 2 rings (SSSR count). The van der Waals surface area contributed by atoms with E-state index < -0.39 is 18.2 Å². The summed E-state index contributed by atoms with van der Waals surface area (Å²) in [6.07, 6.45) is -0.570. The molecule has 3 unspecified atom stereocenters. The van der Waals surface area contributed by atoms with Gasteiger partial charge in [-0.05, 0) is 20.8 Å². The Hall–Kier alpha value is -1.61. The maximum absolute atomic E-state index is 12.2. The summed E-state index contributed by atoms with van der Waals surface area (Å²) in [5.74, 6) is -0.337. The fourth-order valence-electron chi connectivity index (χ4n) is 2.38. The van der Waals surface area contributed by atoms with Crippen molar-refractivity contribution in [3.63, 3.8) is 0 Å². The highest BCUT2D eigenvalue weighted by molar-refractivity contribution is 8.14. The molecule has 0 aromatic rings. The molecule has 0 aromatic carbocycles. The summed E-state index contributed by atoms with van der Waals surface area (Å²) in [6.45, 7) is 6.71. The minimum absolute atomic E-state index is 0.0335. The largest absolute Gasteiger partial charge is 0.380 e.